The molecule has 0 saturated carbocycles. The lowest BCUT2D eigenvalue weighted by molar-refractivity contribution is 0.0121. The topological polar surface area (TPSA) is 52.9 Å². The number of benzene rings is 2. The van der Waals surface area contributed by atoms with Gasteiger partial charge in [0.1, 0.15) is 18.5 Å². The van der Waals surface area contributed by atoms with E-state index >= 15 is 0 Å². The Bertz CT molecular complexity index is 674. The minimum atomic E-state index is -0.505. The molecule has 4 heteroatoms. The Hall–Kier alpha value is -1.62. The third-order valence-electron chi connectivity index (χ3n) is 5.63. The van der Waals surface area contributed by atoms with Crippen molar-refractivity contribution in [2.45, 2.75) is 32.3 Å². The monoisotopic (exact) mass is 343 g/mol. The summed E-state index contributed by atoms with van der Waals surface area (Å²) in [6.45, 7) is 5.21. The van der Waals surface area contributed by atoms with Crippen LogP contribution in [-0.2, 0) is 0 Å². The summed E-state index contributed by atoms with van der Waals surface area (Å²) >= 11 is 0. The lowest BCUT2D eigenvalue weighted by atomic mass is 9.77. The van der Waals surface area contributed by atoms with E-state index in [0.717, 1.165) is 43.5 Å². The summed E-state index contributed by atoms with van der Waals surface area (Å²) in [7, 11) is 0. The second-order valence-corrected chi connectivity index (χ2v) is 7.29. The Kier molecular flexibility index (Phi) is 5.94. The number of β-amino-alcohol motifs (C(OH)–C–C–N with tert-alkyl or cyclic N) is 1. The SMILES string of the molecule is CCC1(CO)CCN(CC(O)COc2ccc3ccccc3c2)CC1. The first-order chi connectivity index (χ1) is 12.1. The minimum absolute atomic E-state index is 0.0864. The average Bonchev–Trinajstić information content (AvgIpc) is 2.67. The van der Waals surface area contributed by atoms with Gasteiger partial charge in [-0.05, 0) is 60.7 Å². The van der Waals surface area contributed by atoms with Crippen LogP contribution < -0.4 is 4.74 Å². The molecule has 1 fully saturated rings. The van der Waals surface area contributed by atoms with Crippen molar-refractivity contribution in [3.05, 3.63) is 42.5 Å². The smallest absolute Gasteiger partial charge is 0.120 e. The van der Waals surface area contributed by atoms with E-state index in [1.165, 1.54) is 5.39 Å². The molecular weight excluding hydrogens is 314 g/mol. The largest absolute Gasteiger partial charge is 0.491 e. The molecule has 136 valence electrons. The molecule has 1 atom stereocenters. The van der Waals surface area contributed by atoms with Crippen LogP contribution in [0.2, 0.25) is 0 Å². The second kappa shape index (κ2) is 8.17. The van der Waals surface area contributed by atoms with Gasteiger partial charge in [-0.25, -0.2) is 0 Å². The summed E-state index contributed by atoms with van der Waals surface area (Å²) in [5.74, 6) is 0.793. The molecule has 1 aliphatic heterocycles. The fourth-order valence-electron chi connectivity index (χ4n) is 3.63. The maximum atomic E-state index is 10.3. The van der Waals surface area contributed by atoms with Crippen molar-refractivity contribution in [2.24, 2.45) is 5.41 Å². The van der Waals surface area contributed by atoms with Gasteiger partial charge in [-0.3, -0.25) is 0 Å². The van der Waals surface area contributed by atoms with Crippen LogP contribution in [0.1, 0.15) is 26.2 Å². The maximum absolute atomic E-state index is 10.3. The lowest BCUT2D eigenvalue weighted by Gasteiger charge is -2.40. The van der Waals surface area contributed by atoms with Gasteiger partial charge in [-0.2, -0.15) is 0 Å². The molecule has 0 amide bonds. The number of fused-ring (bicyclic) bond motifs is 1. The van der Waals surface area contributed by atoms with Crippen LogP contribution in [-0.4, -0.2) is 54.1 Å². The van der Waals surface area contributed by atoms with Gasteiger partial charge in [-0.15, -0.1) is 0 Å². The quantitative estimate of drug-likeness (QED) is 0.811. The molecule has 0 radical (unpaired) electrons. The number of ether oxygens (including phenoxy) is 1. The zero-order valence-electron chi connectivity index (χ0n) is 15.0. The summed E-state index contributed by atoms with van der Waals surface area (Å²) in [6.07, 6.45) is 2.51. The minimum Gasteiger partial charge on any atom is -0.491 e. The first-order valence-electron chi connectivity index (χ1n) is 9.27. The molecule has 0 aromatic heterocycles. The van der Waals surface area contributed by atoms with Crippen molar-refractivity contribution in [1.82, 2.24) is 4.90 Å². The Morgan fingerprint density at radius 3 is 2.52 bits per heavy atom. The van der Waals surface area contributed by atoms with Crippen molar-refractivity contribution in [3.63, 3.8) is 0 Å². The Balaban J connectivity index is 1.47. The molecule has 2 aromatic rings. The molecule has 3 rings (SSSR count). The van der Waals surface area contributed by atoms with E-state index in [-0.39, 0.29) is 12.0 Å². The zero-order valence-corrected chi connectivity index (χ0v) is 15.0. The number of aliphatic hydroxyl groups is 2. The molecule has 25 heavy (non-hydrogen) atoms. The summed E-state index contributed by atoms with van der Waals surface area (Å²) in [5, 5.41) is 22.2. The van der Waals surface area contributed by atoms with Gasteiger partial charge in [0.15, 0.2) is 0 Å². The van der Waals surface area contributed by atoms with E-state index in [9.17, 15) is 10.2 Å². The summed E-state index contributed by atoms with van der Waals surface area (Å²) in [6, 6.07) is 14.2. The molecule has 4 nitrogen and oxygen atoms in total. The first-order valence-corrected chi connectivity index (χ1v) is 9.27. The van der Waals surface area contributed by atoms with Crippen molar-refractivity contribution >= 4 is 10.8 Å². The van der Waals surface area contributed by atoms with Crippen LogP contribution >= 0.6 is 0 Å². The van der Waals surface area contributed by atoms with Crippen molar-refractivity contribution < 1.29 is 14.9 Å². The predicted molar refractivity (Wildman–Crippen MR) is 101 cm³/mol. The Morgan fingerprint density at radius 2 is 1.84 bits per heavy atom. The van der Waals surface area contributed by atoms with E-state index in [0.29, 0.717) is 13.2 Å². The van der Waals surface area contributed by atoms with Crippen molar-refractivity contribution in [3.8, 4) is 5.75 Å². The molecule has 1 aliphatic rings. The Morgan fingerprint density at radius 1 is 1.12 bits per heavy atom. The van der Waals surface area contributed by atoms with Crippen LogP contribution in [0.25, 0.3) is 10.8 Å². The first kappa shape index (κ1) is 18.2. The van der Waals surface area contributed by atoms with Crippen LogP contribution in [0.5, 0.6) is 5.75 Å². The molecule has 0 bridgehead atoms. The van der Waals surface area contributed by atoms with E-state index in [1.807, 2.05) is 30.3 Å². The third-order valence-corrected chi connectivity index (χ3v) is 5.63. The van der Waals surface area contributed by atoms with Crippen molar-refractivity contribution in [1.29, 1.82) is 0 Å². The fraction of sp³-hybridized carbons (Fsp3) is 0.524. The molecule has 1 saturated heterocycles. The standard InChI is InChI=1S/C21H29NO3/c1-2-21(16-23)9-11-22(12-10-21)14-19(24)15-25-20-8-7-17-5-3-4-6-18(17)13-20/h3-8,13,19,23-24H,2,9-12,14-16H2,1H3. The van der Waals surface area contributed by atoms with Crippen LogP contribution in [0.15, 0.2) is 42.5 Å². The summed E-state index contributed by atoms with van der Waals surface area (Å²) in [4.78, 5) is 2.28. The van der Waals surface area contributed by atoms with Gasteiger partial charge in [-0.1, -0.05) is 37.3 Å². The summed E-state index contributed by atoms with van der Waals surface area (Å²) < 4.78 is 5.78. The van der Waals surface area contributed by atoms with Gasteiger partial charge in [0.05, 0.1) is 0 Å². The molecule has 1 heterocycles. The number of likely N-dealkylation sites (tertiary alicyclic amines) is 1. The van der Waals surface area contributed by atoms with Gasteiger partial charge >= 0.3 is 0 Å². The van der Waals surface area contributed by atoms with Gasteiger partial charge in [0.25, 0.3) is 0 Å². The number of hydrogen-bond donors (Lipinski definition) is 2. The zero-order chi connectivity index (χ0) is 17.7. The molecule has 0 aliphatic carbocycles. The molecular formula is C21H29NO3. The normalized spacial score (nSPS) is 19.0. The molecule has 0 spiro atoms. The number of rotatable bonds is 7. The number of piperidine rings is 1. The lowest BCUT2D eigenvalue weighted by Crippen LogP contribution is -2.45. The second-order valence-electron chi connectivity index (χ2n) is 7.29. The highest BCUT2D eigenvalue weighted by molar-refractivity contribution is 5.83. The molecule has 2 aromatic carbocycles. The number of nitrogens with zero attached hydrogens (tertiary/aromatic N) is 1. The van der Waals surface area contributed by atoms with Gasteiger partial charge in [0, 0.05) is 13.2 Å². The Labute approximate surface area is 150 Å². The highest BCUT2D eigenvalue weighted by Crippen LogP contribution is 2.34. The van der Waals surface area contributed by atoms with Gasteiger partial charge in [0.2, 0.25) is 0 Å². The summed E-state index contributed by atoms with van der Waals surface area (Å²) in [5.41, 5.74) is 0.0864. The predicted octanol–water partition coefficient (Wildman–Crippen LogP) is 3.06. The number of aliphatic hydroxyl groups excluding tert-OH is 2. The highest BCUT2D eigenvalue weighted by Gasteiger charge is 2.32. The average molecular weight is 343 g/mol. The highest BCUT2D eigenvalue weighted by atomic mass is 16.5. The van der Waals surface area contributed by atoms with E-state index < -0.39 is 6.10 Å². The van der Waals surface area contributed by atoms with Crippen molar-refractivity contribution in [2.75, 3.05) is 32.8 Å². The van der Waals surface area contributed by atoms with Crippen LogP contribution in [0.4, 0.5) is 0 Å². The van der Waals surface area contributed by atoms with Crippen LogP contribution in [0, 0.1) is 5.41 Å². The fourth-order valence-corrected chi connectivity index (χ4v) is 3.63. The molecule has 2 N–H and O–H groups in total. The third kappa shape index (κ3) is 4.51. The van der Waals surface area contributed by atoms with Crippen LogP contribution in [0.3, 0.4) is 0 Å². The van der Waals surface area contributed by atoms with E-state index in [2.05, 4.69) is 24.0 Å². The maximum Gasteiger partial charge on any atom is 0.120 e. The van der Waals surface area contributed by atoms with E-state index in [1.54, 1.807) is 0 Å². The molecule has 1 unspecified atom stereocenters. The number of hydrogen-bond acceptors (Lipinski definition) is 4. The van der Waals surface area contributed by atoms with E-state index in [4.69, 9.17) is 4.74 Å². The van der Waals surface area contributed by atoms with Gasteiger partial charge < -0.3 is 19.8 Å².